The van der Waals surface area contributed by atoms with Crippen LogP contribution in [0.2, 0.25) is 0 Å². The average Bonchev–Trinajstić information content (AvgIpc) is 2.75. The third-order valence-electron chi connectivity index (χ3n) is 3.90. The molecule has 0 radical (unpaired) electrons. The van der Waals surface area contributed by atoms with Gasteiger partial charge >= 0.3 is 0 Å². The quantitative estimate of drug-likeness (QED) is 0.833. The summed E-state index contributed by atoms with van der Waals surface area (Å²) in [5.74, 6) is 3.07. The van der Waals surface area contributed by atoms with Gasteiger partial charge in [0.25, 0.3) is 0 Å². The number of hydrogen-bond acceptors (Lipinski definition) is 2. The normalized spacial score (nSPS) is 25.1. The molecule has 0 aromatic carbocycles. The van der Waals surface area contributed by atoms with Gasteiger partial charge in [-0.2, -0.15) is 0 Å². The number of rotatable bonds is 5. The van der Waals surface area contributed by atoms with Crippen molar-refractivity contribution < 1.29 is 4.42 Å². The van der Waals surface area contributed by atoms with Gasteiger partial charge in [-0.3, -0.25) is 0 Å². The average molecular weight is 235 g/mol. The van der Waals surface area contributed by atoms with Crippen molar-refractivity contribution in [3.05, 3.63) is 23.7 Å². The lowest BCUT2D eigenvalue weighted by Gasteiger charge is -2.28. The lowest BCUT2D eigenvalue weighted by Crippen LogP contribution is -2.32. The molecule has 0 atom stereocenters. The van der Waals surface area contributed by atoms with Crippen LogP contribution in [-0.2, 0) is 6.54 Å². The summed E-state index contributed by atoms with van der Waals surface area (Å²) in [6.07, 6.45) is 8.25. The number of aryl methyl sites for hydroxylation is 1. The van der Waals surface area contributed by atoms with Crippen LogP contribution in [0, 0.1) is 12.8 Å². The van der Waals surface area contributed by atoms with Crippen molar-refractivity contribution in [1.82, 2.24) is 5.32 Å². The molecule has 0 spiro atoms. The van der Waals surface area contributed by atoms with E-state index in [4.69, 9.17) is 4.42 Å². The summed E-state index contributed by atoms with van der Waals surface area (Å²) in [5.41, 5.74) is 0. The van der Waals surface area contributed by atoms with Crippen LogP contribution in [0.25, 0.3) is 0 Å². The Labute approximate surface area is 105 Å². The summed E-state index contributed by atoms with van der Waals surface area (Å²) in [5, 5.41) is 3.62. The van der Waals surface area contributed by atoms with Crippen molar-refractivity contribution in [1.29, 1.82) is 0 Å². The lowest BCUT2D eigenvalue weighted by molar-refractivity contribution is 0.273. The molecule has 1 saturated carbocycles. The Morgan fingerprint density at radius 2 is 2.00 bits per heavy atom. The first-order chi connectivity index (χ1) is 8.28. The van der Waals surface area contributed by atoms with E-state index in [0.29, 0.717) is 6.04 Å². The van der Waals surface area contributed by atoms with Crippen molar-refractivity contribution in [3.63, 3.8) is 0 Å². The monoisotopic (exact) mass is 235 g/mol. The maximum atomic E-state index is 5.57. The highest BCUT2D eigenvalue weighted by Crippen LogP contribution is 2.27. The molecule has 1 N–H and O–H groups in total. The highest BCUT2D eigenvalue weighted by atomic mass is 16.3. The third kappa shape index (κ3) is 3.88. The molecular formula is C15H25NO. The molecule has 0 aliphatic heterocycles. The molecule has 0 saturated heterocycles. The molecular weight excluding hydrogens is 210 g/mol. The summed E-state index contributed by atoms with van der Waals surface area (Å²) in [6, 6.07) is 4.81. The minimum atomic E-state index is 0.702. The maximum absolute atomic E-state index is 5.57. The molecule has 96 valence electrons. The molecule has 17 heavy (non-hydrogen) atoms. The zero-order valence-corrected chi connectivity index (χ0v) is 11.2. The fourth-order valence-corrected chi connectivity index (χ4v) is 2.89. The minimum absolute atomic E-state index is 0.702. The van der Waals surface area contributed by atoms with Gasteiger partial charge in [0.2, 0.25) is 0 Å². The van der Waals surface area contributed by atoms with Gasteiger partial charge in [0.1, 0.15) is 11.5 Å². The SMILES string of the molecule is CCCC1CCC(NCc2ccc(C)o2)CC1. The Morgan fingerprint density at radius 1 is 1.24 bits per heavy atom. The fourth-order valence-electron chi connectivity index (χ4n) is 2.89. The van der Waals surface area contributed by atoms with Crippen LogP contribution in [0.5, 0.6) is 0 Å². The van der Waals surface area contributed by atoms with Crippen molar-refractivity contribution in [2.45, 2.75) is 65.0 Å². The molecule has 0 bridgehead atoms. The molecule has 0 amide bonds. The van der Waals surface area contributed by atoms with Gasteiger partial charge in [-0.15, -0.1) is 0 Å². The van der Waals surface area contributed by atoms with E-state index in [1.807, 2.05) is 13.0 Å². The topological polar surface area (TPSA) is 25.2 Å². The minimum Gasteiger partial charge on any atom is -0.465 e. The van der Waals surface area contributed by atoms with Crippen LogP contribution in [0.3, 0.4) is 0 Å². The molecule has 1 aromatic heterocycles. The van der Waals surface area contributed by atoms with Crippen molar-refractivity contribution in [3.8, 4) is 0 Å². The van der Waals surface area contributed by atoms with Crippen LogP contribution in [0.1, 0.15) is 57.0 Å². The van der Waals surface area contributed by atoms with Gasteiger partial charge in [0.15, 0.2) is 0 Å². The second kappa shape index (κ2) is 6.25. The highest BCUT2D eigenvalue weighted by molar-refractivity contribution is 5.05. The van der Waals surface area contributed by atoms with Gasteiger partial charge in [0, 0.05) is 6.04 Å². The van der Waals surface area contributed by atoms with Crippen LogP contribution in [-0.4, -0.2) is 6.04 Å². The molecule has 1 aromatic rings. The van der Waals surface area contributed by atoms with Gasteiger partial charge in [0.05, 0.1) is 6.54 Å². The summed E-state index contributed by atoms with van der Waals surface area (Å²) in [4.78, 5) is 0. The van der Waals surface area contributed by atoms with E-state index in [-0.39, 0.29) is 0 Å². The Morgan fingerprint density at radius 3 is 2.59 bits per heavy atom. The maximum Gasteiger partial charge on any atom is 0.117 e. The summed E-state index contributed by atoms with van der Waals surface area (Å²) < 4.78 is 5.57. The zero-order chi connectivity index (χ0) is 12.1. The van der Waals surface area contributed by atoms with Crippen LogP contribution in [0.4, 0.5) is 0 Å². The Hall–Kier alpha value is -0.760. The van der Waals surface area contributed by atoms with Crippen molar-refractivity contribution >= 4 is 0 Å². The van der Waals surface area contributed by atoms with E-state index >= 15 is 0 Å². The van der Waals surface area contributed by atoms with Crippen molar-refractivity contribution in [2.24, 2.45) is 5.92 Å². The first kappa shape index (κ1) is 12.7. The molecule has 1 aliphatic carbocycles. The lowest BCUT2D eigenvalue weighted by atomic mass is 9.83. The van der Waals surface area contributed by atoms with E-state index in [1.165, 1.54) is 38.5 Å². The Balaban J connectivity index is 1.68. The van der Waals surface area contributed by atoms with E-state index in [9.17, 15) is 0 Å². The molecule has 1 aliphatic rings. The largest absolute Gasteiger partial charge is 0.465 e. The van der Waals surface area contributed by atoms with Gasteiger partial charge in [-0.05, 0) is 50.7 Å². The van der Waals surface area contributed by atoms with Gasteiger partial charge in [-0.1, -0.05) is 19.8 Å². The fraction of sp³-hybridized carbons (Fsp3) is 0.733. The van der Waals surface area contributed by atoms with Crippen LogP contribution in [0.15, 0.2) is 16.5 Å². The number of furan rings is 1. The first-order valence-corrected chi connectivity index (χ1v) is 7.06. The smallest absolute Gasteiger partial charge is 0.117 e. The highest BCUT2D eigenvalue weighted by Gasteiger charge is 2.20. The number of nitrogens with one attached hydrogen (secondary N) is 1. The third-order valence-corrected chi connectivity index (χ3v) is 3.90. The molecule has 0 unspecified atom stereocenters. The van der Waals surface area contributed by atoms with Crippen LogP contribution >= 0.6 is 0 Å². The predicted octanol–water partition coefficient (Wildman–Crippen LogP) is 4.04. The predicted molar refractivity (Wildman–Crippen MR) is 70.9 cm³/mol. The van der Waals surface area contributed by atoms with E-state index in [2.05, 4.69) is 18.3 Å². The Bertz CT molecular complexity index is 323. The standard InChI is InChI=1S/C15H25NO/c1-3-4-13-6-8-14(9-7-13)16-11-15-10-5-12(2)17-15/h5,10,13-14,16H,3-4,6-9,11H2,1-2H3. The van der Waals surface area contributed by atoms with Gasteiger partial charge < -0.3 is 9.73 Å². The van der Waals surface area contributed by atoms with E-state index in [1.54, 1.807) is 0 Å². The summed E-state index contributed by atoms with van der Waals surface area (Å²) in [7, 11) is 0. The second-order valence-electron chi connectivity index (χ2n) is 5.40. The second-order valence-corrected chi connectivity index (χ2v) is 5.40. The molecule has 1 fully saturated rings. The summed E-state index contributed by atoms with van der Waals surface area (Å²) >= 11 is 0. The molecule has 2 heteroatoms. The molecule has 2 rings (SSSR count). The Kier molecular flexibility index (Phi) is 4.66. The van der Waals surface area contributed by atoms with E-state index in [0.717, 1.165) is 24.0 Å². The molecule has 2 nitrogen and oxygen atoms in total. The van der Waals surface area contributed by atoms with Crippen LogP contribution < -0.4 is 5.32 Å². The van der Waals surface area contributed by atoms with Gasteiger partial charge in [-0.25, -0.2) is 0 Å². The number of hydrogen-bond donors (Lipinski definition) is 1. The first-order valence-electron chi connectivity index (χ1n) is 7.06. The summed E-state index contributed by atoms with van der Waals surface area (Å²) in [6.45, 7) is 5.18. The zero-order valence-electron chi connectivity index (χ0n) is 11.2. The van der Waals surface area contributed by atoms with E-state index < -0.39 is 0 Å². The molecule has 1 heterocycles. The van der Waals surface area contributed by atoms with Crippen molar-refractivity contribution in [2.75, 3.05) is 0 Å².